The van der Waals surface area contributed by atoms with Crippen molar-refractivity contribution < 1.29 is 0 Å². The molecule has 0 amide bonds. The number of nitrogens with zero attached hydrogens (tertiary/aromatic N) is 2. The zero-order chi connectivity index (χ0) is 14.5. The van der Waals surface area contributed by atoms with Gasteiger partial charge in [-0.05, 0) is 35.8 Å². The molecule has 3 rings (SSSR count). The summed E-state index contributed by atoms with van der Waals surface area (Å²) < 4.78 is 0. The summed E-state index contributed by atoms with van der Waals surface area (Å²) >= 11 is 0. The highest BCUT2D eigenvalue weighted by atomic mass is 15.3. The fraction of sp³-hybridized carbons (Fsp3) is 0.444. The number of nitrogens with two attached hydrogens (primary N) is 1. The largest absolute Gasteiger partial charge is 0.330 e. The summed E-state index contributed by atoms with van der Waals surface area (Å²) in [5.41, 5.74) is 7.04. The van der Waals surface area contributed by atoms with Crippen LogP contribution in [0.4, 0.5) is 0 Å². The molecule has 3 heteroatoms. The summed E-state index contributed by atoms with van der Waals surface area (Å²) in [4.78, 5) is 5.10. The van der Waals surface area contributed by atoms with Gasteiger partial charge in [-0.3, -0.25) is 4.90 Å². The lowest BCUT2D eigenvalue weighted by molar-refractivity contribution is 0.127. The molecule has 0 aromatic heterocycles. The van der Waals surface area contributed by atoms with Crippen LogP contribution >= 0.6 is 0 Å². The Hall–Kier alpha value is -1.42. The molecule has 2 aromatic carbocycles. The third kappa shape index (κ3) is 3.62. The van der Waals surface area contributed by atoms with Gasteiger partial charge < -0.3 is 10.6 Å². The second-order valence-corrected chi connectivity index (χ2v) is 5.90. The van der Waals surface area contributed by atoms with E-state index in [0.717, 1.165) is 39.1 Å². The first-order valence-corrected chi connectivity index (χ1v) is 7.98. The lowest BCUT2D eigenvalue weighted by atomic mass is 10.0. The highest BCUT2D eigenvalue weighted by Crippen LogP contribution is 2.20. The van der Waals surface area contributed by atoms with Crippen molar-refractivity contribution in [2.45, 2.75) is 13.0 Å². The van der Waals surface area contributed by atoms with E-state index in [0.29, 0.717) is 0 Å². The van der Waals surface area contributed by atoms with Crippen molar-refractivity contribution in [3.63, 3.8) is 0 Å². The average molecular weight is 283 g/mol. The fourth-order valence-corrected chi connectivity index (χ4v) is 3.16. The van der Waals surface area contributed by atoms with Crippen LogP contribution < -0.4 is 5.73 Å². The highest BCUT2D eigenvalue weighted by Gasteiger charge is 2.16. The normalized spacial score (nSPS) is 17.4. The van der Waals surface area contributed by atoms with E-state index >= 15 is 0 Å². The minimum Gasteiger partial charge on any atom is -0.330 e. The molecule has 0 spiro atoms. The number of benzene rings is 2. The number of fused-ring (bicyclic) bond motifs is 1. The van der Waals surface area contributed by atoms with E-state index in [1.165, 1.54) is 29.4 Å². The fourth-order valence-electron chi connectivity index (χ4n) is 3.16. The quantitative estimate of drug-likeness (QED) is 0.914. The lowest BCUT2D eigenvalue weighted by Gasteiger charge is -2.34. The third-order valence-corrected chi connectivity index (χ3v) is 4.42. The van der Waals surface area contributed by atoms with Crippen molar-refractivity contribution in [1.29, 1.82) is 0 Å². The van der Waals surface area contributed by atoms with Crippen LogP contribution in [-0.4, -0.2) is 49.1 Å². The van der Waals surface area contributed by atoms with Gasteiger partial charge in [0, 0.05) is 32.7 Å². The molecule has 2 N–H and O–H groups in total. The molecule has 2 aromatic rings. The van der Waals surface area contributed by atoms with Crippen LogP contribution in [-0.2, 0) is 6.54 Å². The van der Waals surface area contributed by atoms with E-state index in [-0.39, 0.29) is 0 Å². The molecule has 1 fully saturated rings. The molecule has 1 heterocycles. The summed E-state index contributed by atoms with van der Waals surface area (Å²) in [5, 5.41) is 2.74. The first-order chi connectivity index (χ1) is 10.4. The Balaban J connectivity index is 1.62. The summed E-state index contributed by atoms with van der Waals surface area (Å²) in [7, 11) is 0. The topological polar surface area (TPSA) is 32.5 Å². The first-order valence-electron chi connectivity index (χ1n) is 7.98. The SMILES string of the molecule is NCCCN1CCN(Cc2cccc3ccccc23)CC1. The molecular formula is C18H25N3. The van der Waals surface area contributed by atoms with Crippen molar-refractivity contribution in [3.05, 3.63) is 48.0 Å². The predicted molar refractivity (Wildman–Crippen MR) is 89.3 cm³/mol. The van der Waals surface area contributed by atoms with Crippen LogP contribution in [0.15, 0.2) is 42.5 Å². The van der Waals surface area contributed by atoms with Gasteiger partial charge in [-0.2, -0.15) is 0 Å². The van der Waals surface area contributed by atoms with Gasteiger partial charge in [-0.15, -0.1) is 0 Å². The Bertz CT molecular complexity index is 568. The van der Waals surface area contributed by atoms with Gasteiger partial charge in [0.1, 0.15) is 0 Å². The molecule has 0 unspecified atom stereocenters. The number of piperazine rings is 1. The zero-order valence-electron chi connectivity index (χ0n) is 12.7. The minimum absolute atomic E-state index is 0.802. The highest BCUT2D eigenvalue weighted by molar-refractivity contribution is 5.85. The van der Waals surface area contributed by atoms with Crippen LogP contribution in [0, 0.1) is 0 Å². The predicted octanol–water partition coefficient (Wildman–Crippen LogP) is 2.31. The minimum atomic E-state index is 0.802. The first kappa shape index (κ1) is 14.5. The van der Waals surface area contributed by atoms with Gasteiger partial charge in [0.05, 0.1) is 0 Å². The number of hydrogen-bond donors (Lipinski definition) is 1. The van der Waals surface area contributed by atoms with Gasteiger partial charge >= 0.3 is 0 Å². The van der Waals surface area contributed by atoms with E-state index in [9.17, 15) is 0 Å². The number of rotatable bonds is 5. The Labute approximate surface area is 127 Å². The molecule has 21 heavy (non-hydrogen) atoms. The standard InChI is InChI=1S/C18H25N3/c19-9-4-10-20-11-13-21(14-12-20)15-17-7-3-6-16-5-1-2-8-18(16)17/h1-3,5-8H,4,9-15,19H2. The maximum atomic E-state index is 5.59. The summed E-state index contributed by atoms with van der Waals surface area (Å²) in [6.07, 6.45) is 1.11. The van der Waals surface area contributed by atoms with Crippen LogP contribution in [0.2, 0.25) is 0 Å². The molecular weight excluding hydrogens is 258 g/mol. The summed E-state index contributed by atoms with van der Waals surface area (Å²) in [6, 6.07) is 15.3. The second kappa shape index (κ2) is 7.03. The molecule has 1 aliphatic heterocycles. The lowest BCUT2D eigenvalue weighted by Crippen LogP contribution is -2.46. The van der Waals surface area contributed by atoms with E-state index in [4.69, 9.17) is 5.73 Å². The molecule has 0 bridgehead atoms. The monoisotopic (exact) mass is 283 g/mol. The summed E-state index contributed by atoms with van der Waals surface area (Å²) in [6.45, 7) is 7.68. The molecule has 112 valence electrons. The van der Waals surface area contributed by atoms with Crippen LogP contribution in [0.1, 0.15) is 12.0 Å². The Morgan fingerprint density at radius 3 is 2.38 bits per heavy atom. The Morgan fingerprint density at radius 1 is 0.857 bits per heavy atom. The van der Waals surface area contributed by atoms with Gasteiger partial charge in [0.15, 0.2) is 0 Å². The molecule has 0 radical (unpaired) electrons. The van der Waals surface area contributed by atoms with Crippen molar-refractivity contribution in [3.8, 4) is 0 Å². The third-order valence-electron chi connectivity index (χ3n) is 4.42. The van der Waals surface area contributed by atoms with Crippen LogP contribution in [0.5, 0.6) is 0 Å². The smallest absolute Gasteiger partial charge is 0.0240 e. The van der Waals surface area contributed by atoms with Gasteiger partial charge in [0.25, 0.3) is 0 Å². The zero-order valence-corrected chi connectivity index (χ0v) is 12.7. The van der Waals surface area contributed by atoms with Crippen molar-refractivity contribution in [2.75, 3.05) is 39.3 Å². The van der Waals surface area contributed by atoms with Gasteiger partial charge in [-0.25, -0.2) is 0 Å². The van der Waals surface area contributed by atoms with Crippen molar-refractivity contribution in [1.82, 2.24) is 9.80 Å². The average Bonchev–Trinajstić information content (AvgIpc) is 2.55. The Morgan fingerprint density at radius 2 is 1.57 bits per heavy atom. The molecule has 1 aliphatic rings. The molecule has 0 atom stereocenters. The van der Waals surface area contributed by atoms with Crippen LogP contribution in [0.3, 0.4) is 0 Å². The molecule has 0 aliphatic carbocycles. The molecule has 0 saturated carbocycles. The Kier molecular flexibility index (Phi) is 4.86. The molecule has 1 saturated heterocycles. The second-order valence-electron chi connectivity index (χ2n) is 5.90. The van der Waals surface area contributed by atoms with E-state index in [2.05, 4.69) is 52.3 Å². The summed E-state index contributed by atoms with van der Waals surface area (Å²) in [5.74, 6) is 0. The van der Waals surface area contributed by atoms with E-state index in [1.54, 1.807) is 0 Å². The number of hydrogen-bond acceptors (Lipinski definition) is 3. The van der Waals surface area contributed by atoms with Crippen molar-refractivity contribution >= 4 is 10.8 Å². The van der Waals surface area contributed by atoms with E-state index in [1.807, 2.05) is 0 Å². The molecule has 3 nitrogen and oxygen atoms in total. The van der Waals surface area contributed by atoms with Crippen LogP contribution in [0.25, 0.3) is 10.8 Å². The maximum absolute atomic E-state index is 5.59. The maximum Gasteiger partial charge on any atom is 0.0240 e. The van der Waals surface area contributed by atoms with Crippen molar-refractivity contribution in [2.24, 2.45) is 5.73 Å². The van der Waals surface area contributed by atoms with E-state index < -0.39 is 0 Å². The van der Waals surface area contributed by atoms with Gasteiger partial charge in [-0.1, -0.05) is 42.5 Å². The van der Waals surface area contributed by atoms with Gasteiger partial charge in [0.2, 0.25) is 0 Å².